The van der Waals surface area contributed by atoms with Gasteiger partial charge in [-0.1, -0.05) is 6.07 Å². The Morgan fingerprint density at radius 1 is 1.12 bits per heavy atom. The van der Waals surface area contributed by atoms with Crippen LogP contribution in [0.25, 0.3) is 10.1 Å². The molecule has 17 heavy (non-hydrogen) atoms. The molecule has 3 nitrogen and oxygen atoms in total. The van der Waals surface area contributed by atoms with Crippen molar-refractivity contribution in [3.63, 3.8) is 0 Å². The van der Waals surface area contributed by atoms with Crippen molar-refractivity contribution in [2.45, 2.75) is 0 Å². The average Bonchev–Trinajstić information content (AvgIpc) is 2.87. The lowest BCUT2D eigenvalue weighted by molar-refractivity contribution is -0.118. The molecule has 1 aliphatic heterocycles. The molecule has 0 unspecified atom stereocenters. The zero-order chi connectivity index (χ0) is 11.7. The number of fused-ring (bicyclic) bond motifs is 1. The molecule has 88 valence electrons. The Morgan fingerprint density at radius 3 is 2.71 bits per heavy atom. The van der Waals surface area contributed by atoms with E-state index in [1.54, 1.807) is 11.3 Å². The second-order valence-corrected chi connectivity index (χ2v) is 5.19. The number of anilines is 1. The first kappa shape index (κ1) is 10.6. The molecule has 0 spiro atoms. The summed E-state index contributed by atoms with van der Waals surface area (Å²) in [6, 6.07) is 8.62. The van der Waals surface area contributed by atoms with Crippen LogP contribution in [0.15, 0.2) is 29.6 Å². The molecule has 1 aromatic carbocycles. The molecule has 0 N–H and O–H groups in total. The Balaban J connectivity index is 1.89. The molecule has 0 bridgehead atoms. The maximum Gasteiger partial charge on any atom is 0.209 e. The molecule has 1 saturated heterocycles. The fourth-order valence-electron chi connectivity index (χ4n) is 2.32. The van der Waals surface area contributed by atoms with Crippen LogP contribution in [0.3, 0.4) is 0 Å². The minimum absolute atomic E-state index is 0.823. The summed E-state index contributed by atoms with van der Waals surface area (Å²) < 4.78 is 1.33. The largest absolute Gasteiger partial charge is 0.367 e. The number of hydrogen-bond donors (Lipinski definition) is 0. The number of thiophene rings is 1. The second kappa shape index (κ2) is 4.37. The summed E-state index contributed by atoms with van der Waals surface area (Å²) in [4.78, 5) is 14.9. The van der Waals surface area contributed by atoms with E-state index in [1.165, 1.54) is 15.8 Å². The first-order valence-electron chi connectivity index (χ1n) is 5.79. The number of hydrogen-bond acceptors (Lipinski definition) is 3. The van der Waals surface area contributed by atoms with Gasteiger partial charge in [0.25, 0.3) is 0 Å². The molecular formula is C13H14N2OS. The van der Waals surface area contributed by atoms with Gasteiger partial charge in [0, 0.05) is 42.0 Å². The van der Waals surface area contributed by atoms with Crippen molar-refractivity contribution >= 4 is 33.5 Å². The van der Waals surface area contributed by atoms with E-state index in [1.807, 2.05) is 4.90 Å². The van der Waals surface area contributed by atoms with Crippen molar-refractivity contribution < 1.29 is 4.79 Å². The Bertz CT molecular complexity index is 529. The van der Waals surface area contributed by atoms with Gasteiger partial charge in [0.05, 0.1) is 0 Å². The van der Waals surface area contributed by atoms with E-state index in [9.17, 15) is 4.79 Å². The summed E-state index contributed by atoms with van der Waals surface area (Å²) in [5, 5.41) is 3.47. The highest BCUT2D eigenvalue weighted by atomic mass is 32.1. The molecule has 0 atom stereocenters. The van der Waals surface area contributed by atoms with Crippen molar-refractivity contribution in [1.29, 1.82) is 0 Å². The van der Waals surface area contributed by atoms with Crippen molar-refractivity contribution in [1.82, 2.24) is 4.90 Å². The maximum absolute atomic E-state index is 10.7. The van der Waals surface area contributed by atoms with Crippen molar-refractivity contribution in [3.05, 3.63) is 29.6 Å². The van der Waals surface area contributed by atoms with Crippen LogP contribution in [0.4, 0.5) is 5.69 Å². The number of piperazine rings is 1. The van der Waals surface area contributed by atoms with Crippen LogP contribution in [0.5, 0.6) is 0 Å². The van der Waals surface area contributed by atoms with E-state index in [0.717, 1.165) is 32.6 Å². The zero-order valence-electron chi connectivity index (χ0n) is 9.50. The Labute approximate surface area is 104 Å². The topological polar surface area (TPSA) is 23.6 Å². The van der Waals surface area contributed by atoms with Gasteiger partial charge in [-0.2, -0.15) is 0 Å². The van der Waals surface area contributed by atoms with Gasteiger partial charge in [0.15, 0.2) is 0 Å². The second-order valence-electron chi connectivity index (χ2n) is 4.24. The van der Waals surface area contributed by atoms with Gasteiger partial charge in [0.2, 0.25) is 6.41 Å². The summed E-state index contributed by atoms with van der Waals surface area (Å²) in [6.07, 6.45) is 0.947. The molecule has 0 aliphatic carbocycles. The standard InChI is InChI=1S/C13H14N2OS/c16-10-14-5-7-15(8-6-14)12-2-1-3-13-11(12)4-9-17-13/h1-4,9-10H,5-8H2. The van der Waals surface area contributed by atoms with Crippen molar-refractivity contribution in [3.8, 4) is 0 Å². The van der Waals surface area contributed by atoms with Crippen LogP contribution in [0.1, 0.15) is 0 Å². The summed E-state index contributed by atoms with van der Waals surface area (Å²) in [5.41, 5.74) is 1.30. The smallest absolute Gasteiger partial charge is 0.209 e. The number of rotatable bonds is 2. The van der Waals surface area contributed by atoms with Gasteiger partial charge < -0.3 is 9.80 Å². The van der Waals surface area contributed by atoms with Gasteiger partial charge in [0.1, 0.15) is 0 Å². The minimum atomic E-state index is 0.823. The Kier molecular flexibility index (Phi) is 2.73. The summed E-state index contributed by atoms with van der Waals surface area (Å²) >= 11 is 1.78. The molecule has 1 aromatic heterocycles. The molecule has 2 heterocycles. The molecule has 1 amide bonds. The fourth-order valence-corrected chi connectivity index (χ4v) is 3.13. The highest BCUT2D eigenvalue weighted by Gasteiger charge is 2.17. The quantitative estimate of drug-likeness (QED) is 0.758. The molecule has 3 rings (SSSR count). The number of carbonyl (C=O) groups excluding carboxylic acids is 1. The van der Waals surface area contributed by atoms with E-state index in [4.69, 9.17) is 0 Å². The number of benzene rings is 1. The minimum Gasteiger partial charge on any atom is -0.367 e. The first-order chi connectivity index (χ1) is 8.38. The lowest BCUT2D eigenvalue weighted by Crippen LogP contribution is -2.45. The Morgan fingerprint density at radius 2 is 1.94 bits per heavy atom. The fraction of sp³-hybridized carbons (Fsp3) is 0.308. The summed E-state index contributed by atoms with van der Waals surface area (Å²) in [7, 11) is 0. The third-order valence-electron chi connectivity index (χ3n) is 3.28. The van der Waals surface area contributed by atoms with Gasteiger partial charge in [-0.05, 0) is 23.6 Å². The molecule has 0 radical (unpaired) electrons. The SMILES string of the molecule is O=CN1CCN(c2cccc3sccc23)CC1. The lowest BCUT2D eigenvalue weighted by Gasteiger charge is -2.34. The molecular weight excluding hydrogens is 232 g/mol. The number of amides is 1. The maximum atomic E-state index is 10.7. The number of carbonyl (C=O) groups is 1. The van der Waals surface area contributed by atoms with E-state index in [0.29, 0.717) is 0 Å². The molecule has 1 fully saturated rings. The normalized spacial score (nSPS) is 16.5. The third kappa shape index (κ3) is 1.89. The van der Waals surface area contributed by atoms with Gasteiger partial charge in [-0.15, -0.1) is 11.3 Å². The lowest BCUT2D eigenvalue weighted by atomic mass is 10.2. The van der Waals surface area contributed by atoms with Crippen LogP contribution in [0.2, 0.25) is 0 Å². The molecule has 2 aromatic rings. The van der Waals surface area contributed by atoms with Gasteiger partial charge in [-0.25, -0.2) is 0 Å². The summed E-state index contributed by atoms with van der Waals surface area (Å²) in [5.74, 6) is 0. The van der Waals surface area contributed by atoms with E-state index < -0.39 is 0 Å². The van der Waals surface area contributed by atoms with Crippen LogP contribution in [-0.2, 0) is 4.79 Å². The monoisotopic (exact) mass is 246 g/mol. The molecule has 1 aliphatic rings. The van der Waals surface area contributed by atoms with E-state index in [2.05, 4.69) is 34.5 Å². The van der Waals surface area contributed by atoms with Crippen molar-refractivity contribution in [2.24, 2.45) is 0 Å². The molecule has 4 heteroatoms. The highest BCUT2D eigenvalue weighted by molar-refractivity contribution is 7.17. The van der Waals surface area contributed by atoms with Crippen molar-refractivity contribution in [2.75, 3.05) is 31.1 Å². The Hall–Kier alpha value is -1.55. The molecule has 0 saturated carbocycles. The third-order valence-corrected chi connectivity index (χ3v) is 4.16. The van der Waals surface area contributed by atoms with E-state index in [-0.39, 0.29) is 0 Å². The van der Waals surface area contributed by atoms with E-state index >= 15 is 0 Å². The predicted molar refractivity (Wildman–Crippen MR) is 71.7 cm³/mol. The number of nitrogens with zero attached hydrogens (tertiary/aromatic N) is 2. The van der Waals surface area contributed by atoms with Crippen LogP contribution in [-0.4, -0.2) is 37.5 Å². The van der Waals surface area contributed by atoms with Crippen LogP contribution in [0, 0.1) is 0 Å². The van der Waals surface area contributed by atoms with Gasteiger partial charge >= 0.3 is 0 Å². The summed E-state index contributed by atoms with van der Waals surface area (Å²) in [6.45, 7) is 3.50. The van der Waals surface area contributed by atoms with Gasteiger partial charge in [-0.3, -0.25) is 4.79 Å². The zero-order valence-corrected chi connectivity index (χ0v) is 10.3. The first-order valence-corrected chi connectivity index (χ1v) is 6.67. The predicted octanol–water partition coefficient (Wildman–Crippen LogP) is 2.18. The average molecular weight is 246 g/mol. The van der Waals surface area contributed by atoms with Crippen LogP contribution < -0.4 is 4.90 Å². The highest BCUT2D eigenvalue weighted by Crippen LogP contribution is 2.30. The van der Waals surface area contributed by atoms with Crippen LogP contribution >= 0.6 is 11.3 Å².